The normalized spacial score (nSPS) is 28.3. The van der Waals surface area contributed by atoms with Gasteiger partial charge in [0.05, 0.1) is 0 Å². The maximum atomic E-state index is 5.97. The quantitative estimate of drug-likeness (QED) is 0.867. The second-order valence-corrected chi connectivity index (χ2v) is 5.88. The van der Waals surface area contributed by atoms with E-state index in [0.29, 0.717) is 12.1 Å². The average Bonchev–Trinajstić information content (AvgIpc) is 2.81. The molecule has 0 amide bonds. The highest BCUT2D eigenvalue weighted by Crippen LogP contribution is 2.39. The van der Waals surface area contributed by atoms with Crippen molar-refractivity contribution >= 4 is 0 Å². The van der Waals surface area contributed by atoms with Crippen molar-refractivity contribution in [3.8, 4) is 0 Å². The Morgan fingerprint density at radius 3 is 3.00 bits per heavy atom. The van der Waals surface area contributed by atoms with Crippen LogP contribution in [0.5, 0.6) is 0 Å². The highest BCUT2D eigenvalue weighted by molar-refractivity contribution is 5.37. The molecule has 98 valence electrons. The van der Waals surface area contributed by atoms with Gasteiger partial charge in [-0.1, -0.05) is 30.2 Å². The van der Waals surface area contributed by atoms with Crippen LogP contribution in [-0.4, -0.2) is 24.0 Å². The minimum absolute atomic E-state index is 0.607. The summed E-state index contributed by atoms with van der Waals surface area (Å²) in [6, 6.07) is 8.21. The molecule has 1 aromatic carbocycles. The minimum Gasteiger partial charge on any atom is -0.329 e. The highest BCUT2D eigenvalue weighted by atomic mass is 15.2. The Morgan fingerprint density at radius 1 is 1.28 bits per heavy atom. The minimum atomic E-state index is 0.607. The molecule has 1 heterocycles. The first kappa shape index (κ1) is 12.2. The highest BCUT2D eigenvalue weighted by Gasteiger charge is 2.33. The first-order valence-electron chi connectivity index (χ1n) is 7.35. The lowest BCUT2D eigenvalue weighted by molar-refractivity contribution is 0.0989. The smallest absolute Gasteiger partial charge is 0.0357 e. The van der Waals surface area contributed by atoms with Crippen LogP contribution in [0.1, 0.15) is 48.4 Å². The number of piperidine rings is 1. The number of rotatable bonds is 2. The Balaban J connectivity index is 1.88. The van der Waals surface area contributed by atoms with Gasteiger partial charge in [0.25, 0.3) is 0 Å². The van der Waals surface area contributed by atoms with Gasteiger partial charge in [-0.25, -0.2) is 0 Å². The maximum Gasteiger partial charge on any atom is 0.0357 e. The van der Waals surface area contributed by atoms with Gasteiger partial charge in [-0.05, 0) is 50.3 Å². The van der Waals surface area contributed by atoms with Crippen LogP contribution in [0, 0.1) is 6.92 Å². The third-order valence-electron chi connectivity index (χ3n) is 4.69. The van der Waals surface area contributed by atoms with Crippen molar-refractivity contribution in [3.05, 3.63) is 34.9 Å². The lowest BCUT2D eigenvalue weighted by Gasteiger charge is -2.39. The average molecular weight is 244 g/mol. The van der Waals surface area contributed by atoms with E-state index in [9.17, 15) is 0 Å². The van der Waals surface area contributed by atoms with Gasteiger partial charge < -0.3 is 5.73 Å². The van der Waals surface area contributed by atoms with Crippen LogP contribution in [0.15, 0.2) is 18.2 Å². The molecule has 1 aliphatic carbocycles. The van der Waals surface area contributed by atoms with Crippen molar-refractivity contribution in [2.75, 3.05) is 13.1 Å². The van der Waals surface area contributed by atoms with Gasteiger partial charge in [-0.15, -0.1) is 0 Å². The molecule has 3 rings (SSSR count). The number of benzene rings is 1. The van der Waals surface area contributed by atoms with Crippen LogP contribution in [-0.2, 0) is 6.42 Å². The van der Waals surface area contributed by atoms with Gasteiger partial charge >= 0.3 is 0 Å². The van der Waals surface area contributed by atoms with E-state index in [1.807, 2.05) is 0 Å². The number of aryl methyl sites for hydroxylation is 2. The van der Waals surface area contributed by atoms with Crippen LogP contribution in [0.3, 0.4) is 0 Å². The van der Waals surface area contributed by atoms with Gasteiger partial charge in [0.15, 0.2) is 0 Å². The van der Waals surface area contributed by atoms with Crippen LogP contribution in [0.4, 0.5) is 0 Å². The molecule has 1 aromatic rings. The molecule has 2 atom stereocenters. The summed E-state index contributed by atoms with van der Waals surface area (Å²) in [5, 5.41) is 0. The molecule has 18 heavy (non-hydrogen) atoms. The molecule has 2 unspecified atom stereocenters. The predicted octanol–water partition coefficient (Wildman–Crippen LogP) is 2.80. The topological polar surface area (TPSA) is 29.3 Å². The fourth-order valence-electron chi connectivity index (χ4n) is 3.73. The Morgan fingerprint density at radius 2 is 2.17 bits per heavy atom. The molecule has 2 nitrogen and oxygen atoms in total. The summed E-state index contributed by atoms with van der Waals surface area (Å²) >= 11 is 0. The van der Waals surface area contributed by atoms with Crippen LogP contribution < -0.4 is 5.73 Å². The van der Waals surface area contributed by atoms with E-state index in [1.165, 1.54) is 44.2 Å². The second kappa shape index (κ2) is 5.02. The van der Waals surface area contributed by atoms with Crippen molar-refractivity contribution < 1.29 is 0 Å². The maximum absolute atomic E-state index is 5.97. The lowest BCUT2D eigenvalue weighted by Crippen LogP contribution is -2.45. The van der Waals surface area contributed by atoms with Gasteiger partial charge in [-0.2, -0.15) is 0 Å². The summed E-state index contributed by atoms with van der Waals surface area (Å²) in [7, 11) is 0. The van der Waals surface area contributed by atoms with E-state index < -0.39 is 0 Å². The summed E-state index contributed by atoms with van der Waals surface area (Å²) < 4.78 is 0. The molecule has 0 aromatic heterocycles. The number of hydrogen-bond acceptors (Lipinski definition) is 2. The SMILES string of the molecule is Cc1ccc2c(c1)C(N1CCCCC1CN)CC2. The predicted molar refractivity (Wildman–Crippen MR) is 75.6 cm³/mol. The van der Waals surface area contributed by atoms with Crippen molar-refractivity contribution in [3.63, 3.8) is 0 Å². The van der Waals surface area contributed by atoms with Gasteiger partial charge in [-0.3, -0.25) is 4.90 Å². The van der Waals surface area contributed by atoms with E-state index in [1.54, 1.807) is 11.1 Å². The molecular weight excluding hydrogens is 220 g/mol. The Hall–Kier alpha value is -0.860. The third kappa shape index (κ3) is 2.08. The third-order valence-corrected chi connectivity index (χ3v) is 4.69. The fourth-order valence-corrected chi connectivity index (χ4v) is 3.73. The zero-order valence-electron chi connectivity index (χ0n) is 11.4. The van der Waals surface area contributed by atoms with Gasteiger partial charge in [0.1, 0.15) is 0 Å². The summed E-state index contributed by atoms with van der Waals surface area (Å²) in [4.78, 5) is 2.69. The number of nitrogens with two attached hydrogens (primary N) is 1. The Kier molecular flexibility index (Phi) is 3.40. The zero-order valence-corrected chi connectivity index (χ0v) is 11.4. The van der Waals surface area contributed by atoms with E-state index in [-0.39, 0.29) is 0 Å². The molecule has 1 aliphatic heterocycles. The molecule has 1 fully saturated rings. The van der Waals surface area contributed by atoms with Crippen LogP contribution in [0.2, 0.25) is 0 Å². The fraction of sp³-hybridized carbons (Fsp3) is 0.625. The Bertz CT molecular complexity index is 427. The van der Waals surface area contributed by atoms with Crippen molar-refractivity contribution in [2.24, 2.45) is 5.73 Å². The first-order chi connectivity index (χ1) is 8.79. The molecule has 0 saturated carbocycles. The Labute approximate surface area is 110 Å². The van der Waals surface area contributed by atoms with E-state index in [2.05, 4.69) is 30.0 Å². The molecule has 2 heteroatoms. The molecule has 2 aliphatic rings. The van der Waals surface area contributed by atoms with Crippen molar-refractivity contribution in [2.45, 2.75) is 51.1 Å². The number of hydrogen-bond donors (Lipinski definition) is 1. The van der Waals surface area contributed by atoms with Gasteiger partial charge in [0.2, 0.25) is 0 Å². The summed E-state index contributed by atoms with van der Waals surface area (Å²) in [6.07, 6.45) is 6.51. The number of nitrogens with zero attached hydrogens (tertiary/aromatic N) is 1. The lowest BCUT2D eigenvalue weighted by atomic mass is 9.96. The first-order valence-corrected chi connectivity index (χ1v) is 7.35. The number of fused-ring (bicyclic) bond motifs is 1. The largest absolute Gasteiger partial charge is 0.329 e. The summed E-state index contributed by atoms with van der Waals surface area (Å²) in [5.41, 5.74) is 10.5. The molecule has 1 saturated heterocycles. The second-order valence-electron chi connectivity index (χ2n) is 5.88. The van der Waals surface area contributed by atoms with E-state index >= 15 is 0 Å². The van der Waals surface area contributed by atoms with E-state index in [0.717, 1.165) is 6.54 Å². The van der Waals surface area contributed by atoms with Gasteiger partial charge in [0, 0.05) is 18.6 Å². The molecular formula is C16H24N2. The standard InChI is InChI=1S/C16H24N2/c1-12-5-6-13-7-8-16(15(13)10-12)18-9-3-2-4-14(18)11-17/h5-6,10,14,16H,2-4,7-9,11,17H2,1H3. The van der Waals surface area contributed by atoms with Crippen molar-refractivity contribution in [1.82, 2.24) is 4.90 Å². The molecule has 0 radical (unpaired) electrons. The molecule has 0 bridgehead atoms. The zero-order chi connectivity index (χ0) is 12.5. The monoisotopic (exact) mass is 244 g/mol. The van der Waals surface area contributed by atoms with E-state index in [4.69, 9.17) is 5.73 Å². The van der Waals surface area contributed by atoms with Crippen molar-refractivity contribution in [1.29, 1.82) is 0 Å². The summed E-state index contributed by atoms with van der Waals surface area (Å²) in [5.74, 6) is 0. The number of likely N-dealkylation sites (tertiary alicyclic amines) is 1. The summed E-state index contributed by atoms with van der Waals surface area (Å²) in [6.45, 7) is 4.25. The molecule has 2 N–H and O–H groups in total. The van der Waals surface area contributed by atoms with Crippen LogP contribution >= 0.6 is 0 Å². The molecule has 0 spiro atoms. The van der Waals surface area contributed by atoms with Crippen LogP contribution in [0.25, 0.3) is 0 Å².